The fraction of sp³-hybridized carbons (Fsp3) is 0.537. The van der Waals surface area contributed by atoms with Crippen molar-refractivity contribution in [3.05, 3.63) is 66.9 Å². The monoisotopic (exact) mass is 875 g/mol. The van der Waals surface area contributed by atoms with Crippen molar-refractivity contribution >= 4 is 74.2 Å². The van der Waals surface area contributed by atoms with Crippen LogP contribution in [0.4, 0.5) is 0 Å². The van der Waals surface area contributed by atoms with Gasteiger partial charge >= 0.3 is 0 Å². The number of halogens is 1. The number of fused-ring (bicyclic) bond motifs is 1. The fourth-order valence-corrected chi connectivity index (χ4v) is 7.95. The van der Waals surface area contributed by atoms with Gasteiger partial charge in [0, 0.05) is 47.1 Å². The Bertz CT molecular complexity index is 1810. The maximum Gasteiger partial charge on any atom is 0.261 e. The number of nitrogens with one attached hydrogen (secondary N) is 4. The molecule has 2 saturated carbocycles. The predicted molar refractivity (Wildman–Crippen MR) is 231 cm³/mol. The van der Waals surface area contributed by atoms with Crippen molar-refractivity contribution in [3.63, 3.8) is 0 Å². The number of nitrogens with zero attached hydrogens (tertiary/aromatic N) is 1. The highest BCUT2D eigenvalue weighted by Gasteiger charge is 2.41. The van der Waals surface area contributed by atoms with Crippen molar-refractivity contribution in [1.82, 2.24) is 25.2 Å². The van der Waals surface area contributed by atoms with E-state index in [1.54, 1.807) is 44.3 Å². The number of allylic oxidation sites excluding steroid dienone is 2. The molecule has 3 aromatic rings. The number of carbonyl (C=O) groups excluding carboxylic acids is 4. The van der Waals surface area contributed by atoms with Crippen LogP contribution in [0.5, 0.6) is 11.6 Å². The van der Waals surface area contributed by atoms with Gasteiger partial charge in [0.1, 0.15) is 5.75 Å². The van der Waals surface area contributed by atoms with Crippen molar-refractivity contribution in [2.45, 2.75) is 96.8 Å². The molecule has 0 spiro atoms. The third-order valence-corrected chi connectivity index (χ3v) is 12.1. The molecule has 4 N–H and O–H groups in total. The molecular formula is C41H58BrN5O7S2. The highest BCUT2D eigenvalue weighted by molar-refractivity contribution is 9.10. The molecule has 308 valence electrons. The van der Waals surface area contributed by atoms with E-state index in [2.05, 4.69) is 62.3 Å². The van der Waals surface area contributed by atoms with E-state index >= 15 is 0 Å². The number of unbranched alkanes of at least 4 members (excludes halogenated alkanes) is 3. The molecule has 15 heteroatoms. The summed E-state index contributed by atoms with van der Waals surface area (Å²) in [5, 5.41) is 6.25. The van der Waals surface area contributed by atoms with Crippen LogP contribution in [0.1, 0.15) is 93.1 Å². The largest absolute Gasteiger partial charge is 0.495 e. The third-order valence-electron chi connectivity index (χ3n) is 9.14. The normalized spacial score (nSPS) is 18.0. The Morgan fingerprint density at radius 3 is 2.46 bits per heavy atom. The SMILES string of the molecule is CCCCC/C=C\[C@@H]1CC1C(=O)NSC1CC1.CCOc1cc(=O)c2ccc(OC)c(Br)c2[nH]1.CNC=O.Cc1ccc(C(=O)NCC(=O)N2CCC[C@H]2C)s1. The number of hydrogen-bond donors (Lipinski definition) is 4. The molecular weight excluding hydrogens is 819 g/mol. The summed E-state index contributed by atoms with van der Waals surface area (Å²) in [6.45, 7) is 9.51. The molecule has 3 fully saturated rings. The van der Waals surface area contributed by atoms with Crippen molar-refractivity contribution < 1.29 is 28.7 Å². The molecule has 1 saturated heterocycles. The Morgan fingerprint density at radius 1 is 1.12 bits per heavy atom. The van der Waals surface area contributed by atoms with Gasteiger partial charge in [-0.15, -0.1) is 11.3 Å². The molecule has 12 nitrogen and oxygen atoms in total. The standard InChI is InChI=1S/C14H23NOS.C13H18N2O2S.C12H12BrNO3.C2H5NO/c1-2-3-4-5-6-7-11-10-13(11)14(16)15-17-12-8-9-12;1-9-4-3-7-15(9)12(16)8-14-13(17)11-6-5-10(2)18-11;1-3-17-10-6-8(15)7-4-5-9(16-2)11(13)12(7)14-10;1-3-2-4/h6-7,11-13H,2-5,8-10H2,1H3,(H,15,16);5-6,9H,3-4,7-8H2,1-2H3,(H,14,17);4-6H,3H2,1-2H3,(H,14,15);2H,1H3,(H,3,4)/b7-6-;;;/t11-,13?;9-;;/m11../s1. The van der Waals surface area contributed by atoms with E-state index in [1.807, 2.05) is 24.8 Å². The minimum absolute atomic E-state index is 0.0154. The van der Waals surface area contributed by atoms with Crippen LogP contribution in [-0.4, -0.2) is 79.2 Å². The molecule has 2 aliphatic carbocycles. The lowest BCUT2D eigenvalue weighted by molar-refractivity contribution is -0.130. The second-order valence-corrected chi connectivity index (χ2v) is 16.9. The van der Waals surface area contributed by atoms with Gasteiger partial charge in [-0.1, -0.05) is 31.9 Å². The molecule has 6 rings (SSSR count). The van der Waals surface area contributed by atoms with Crippen LogP contribution in [0.25, 0.3) is 10.9 Å². The summed E-state index contributed by atoms with van der Waals surface area (Å²) < 4.78 is 14.2. The number of aromatic nitrogens is 1. The summed E-state index contributed by atoms with van der Waals surface area (Å²) >= 11 is 6.49. The molecule has 4 amide bonds. The number of thiophene rings is 1. The first kappa shape index (κ1) is 46.6. The van der Waals surface area contributed by atoms with E-state index in [9.17, 15) is 19.2 Å². The number of aromatic amines is 1. The number of hydrogen-bond acceptors (Lipinski definition) is 9. The number of H-pyrrole nitrogens is 1. The number of likely N-dealkylation sites (tertiary alicyclic amines) is 1. The van der Waals surface area contributed by atoms with Crippen LogP contribution in [0.15, 0.2) is 51.8 Å². The lowest BCUT2D eigenvalue weighted by Gasteiger charge is -2.21. The molecule has 1 unspecified atom stereocenters. The van der Waals surface area contributed by atoms with Gasteiger partial charge in [0.2, 0.25) is 18.2 Å². The molecule has 1 aromatic carbocycles. The maximum absolute atomic E-state index is 11.9. The summed E-state index contributed by atoms with van der Waals surface area (Å²) in [5.74, 6) is 2.03. The van der Waals surface area contributed by atoms with Gasteiger partial charge in [0.25, 0.3) is 5.91 Å². The number of aryl methyl sites for hydroxylation is 1. The van der Waals surface area contributed by atoms with Gasteiger partial charge in [-0.2, -0.15) is 0 Å². The highest BCUT2D eigenvalue weighted by Crippen LogP contribution is 2.41. The Kier molecular flexibility index (Phi) is 20.6. The maximum atomic E-state index is 11.9. The first-order valence-corrected chi connectivity index (χ1v) is 21.9. The topological polar surface area (TPSA) is 159 Å². The average Bonchev–Trinajstić information content (AvgIpc) is 4.10. The van der Waals surface area contributed by atoms with Crippen LogP contribution < -0.4 is 30.3 Å². The smallest absolute Gasteiger partial charge is 0.261 e. The van der Waals surface area contributed by atoms with Gasteiger partial charge in [0.15, 0.2) is 11.3 Å². The number of pyridine rings is 1. The third kappa shape index (κ3) is 15.6. The predicted octanol–water partition coefficient (Wildman–Crippen LogP) is 7.54. The van der Waals surface area contributed by atoms with Crippen LogP contribution in [0, 0.1) is 18.8 Å². The van der Waals surface area contributed by atoms with Gasteiger partial charge in [-0.25, -0.2) is 0 Å². The lowest BCUT2D eigenvalue weighted by Crippen LogP contribution is -2.41. The molecule has 3 atom stereocenters. The van der Waals surface area contributed by atoms with Crippen LogP contribution in [0.2, 0.25) is 0 Å². The van der Waals surface area contributed by atoms with E-state index in [0.717, 1.165) is 35.2 Å². The van der Waals surface area contributed by atoms with E-state index in [0.29, 0.717) is 57.6 Å². The molecule has 3 aliphatic rings. The number of amides is 4. The van der Waals surface area contributed by atoms with Crippen LogP contribution >= 0.6 is 39.2 Å². The molecule has 0 bridgehead atoms. The first-order valence-electron chi connectivity index (χ1n) is 19.4. The Balaban J connectivity index is 0.000000215. The van der Waals surface area contributed by atoms with Gasteiger partial charge < -0.3 is 30.0 Å². The lowest BCUT2D eigenvalue weighted by atomic mass is 10.2. The van der Waals surface area contributed by atoms with Crippen LogP contribution in [-0.2, 0) is 14.4 Å². The molecule has 0 radical (unpaired) electrons. The first-order chi connectivity index (χ1) is 27.0. The Labute approximate surface area is 347 Å². The van der Waals surface area contributed by atoms with E-state index in [1.165, 1.54) is 55.9 Å². The average molecular weight is 877 g/mol. The Hall–Kier alpha value is -3.82. The van der Waals surface area contributed by atoms with Crippen molar-refractivity contribution in [2.75, 3.05) is 33.9 Å². The molecule has 56 heavy (non-hydrogen) atoms. The minimum atomic E-state index is -0.159. The van der Waals surface area contributed by atoms with Crippen molar-refractivity contribution in [3.8, 4) is 11.6 Å². The molecule has 2 aromatic heterocycles. The second-order valence-electron chi connectivity index (χ2n) is 13.7. The summed E-state index contributed by atoms with van der Waals surface area (Å²) in [4.78, 5) is 63.0. The van der Waals surface area contributed by atoms with Crippen molar-refractivity contribution in [2.24, 2.45) is 11.8 Å². The molecule has 3 heterocycles. The van der Waals surface area contributed by atoms with E-state index < -0.39 is 0 Å². The van der Waals surface area contributed by atoms with Crippen molar-refractivity contribution in [1.29, 1.82) is 0 Å². The zero-order chi connectivity index (χ0) is 41.0. The number of methoxy groups -OCH3 is 1. The summed E-state index contributed by atoms with van der Waals surface area (Å²) in [6.07, 6.45) is 15.9. The van der Waals surface area contributed by atoms with Gasteiger partial charge in [-0.05, 0) is 124 Å². The zero-order valence-corrected chi connectivity index (χ0v) is 36.6. The fourth-order valence-electron chi connectivity index (χ4n) is 5.75. The number of benzene rings is 1. The number of ether oxygens (including phenoxy) is 2. The summed E-state index contributed by atoms with van der Waals surface area (Å²) in [5.41, 5.74) is 0.603. The Morgan fingerprint density at radius 2 is 1.88 bits per heavy atom. The van der Waals surface area contributed by atoms with Crippen LogP contribution in [0.3, 0.4) is 0 Å². The van der Waals surface area contributed by atoms with Gasteiger partial charge in [0.05, 0.1) is 35.1 Å². The van der Waals surface area contributed by atoms with Gasteiger partial charge in [-0.3, -0.25) is 28.7 Å². The number of carbonyl (C=O) groups is 4. The zero-order valence-electron chi connectivity index (χ0n) is 33.4. The number of rotatable bonds is 15. The highest BCUT2D eigenvalue weighted by atomic mass is 79.9. The summed E-state index contributed by atoms with van der Waals surface area (Å²) in [7, 11) is 3.14. The quantitative estimate of drug-likeness (QED) is 0.0528. The van der Waals surface area contributed by atoms with E-state index in [4.69, 9.17) is 14.3 Å². The summed E-state index contributed by atoms with van der Waals surface area (Å²) in [6, 6.07) is 8.93. The minimum Gasteiger partial charge on any atom is -0.495 e. The van der Waals surface area contributed by atoms with E-state index in [-0.39, 0.29) is 35.6 Å². The second kappa shape index (κ2) is 24.7. The molecule has 1 aliphatic heterocycles.